The normalized spacial score (nSPS) is 13.4. The van der Waals surface area contributed by atoms with Crippen LogP contribution in [0.1, 0.15) is 38.4 Å². The number of nitrogens with two attached hydrogens (primary N) is 1. The van der Waals surface area contributed by atoms with Crippen molar-refractivity contribution in [2.24, 2.45) is 5.84 Å². The van der Waals surface area contributed by atoms with E-state index in [0.717, 1.165) is 12.8 Å². The second-order valence-electron chi connectivity index (χ2n) is 4.03. The molecule has 0 amide bonds. The van der Waals surface area contributed by atoms with Crippen LogP contribution in [0.3, 0.4) is 0 Å². The van der Waals surface area contributed by atoms with Gasteiger partial charge in [0, 0.05) is 19.5 Å². The van der Waals surface area contributed by atoms with Crippen molar-refractivity contribution in [1.29, 1.82) is 0 Å². The summed E-state index contributed by atoms with van der Waals surface area (Å²) in [5.41, 5.74) is 3.01. The molecule has 1 rings (SSSR count). The largest absolute Gasteiger partial charge is 0.480 e. The van der Waals surface area contributed by atoms with E-state index in [9.17, 15) is 0 Å². The summed E-state index contributed by atoms with van der Waals surface area (Å²) >= 11 is 0. The lowest BCUT2D eigenvalue weighted by atomic mass is 9.86. The molecule has 0 saturated heterocycles. The zero-order valence-electron chi connectivity index (χ0n) is 11.4. The third-order valence-electron chi connectivity index (χ3n) is 3.45. The lowest BCUT2D eigenvalue weighted by Crippen LogP contribution is -2.48. The molecule has 0 spiro atoms. The standard InChI is InChI=1S/C12H22N4O2/c1-5-12(6-2,18-4)10(16-13)9-11(17-3)15-8-7-14-9/h7-8,10,16H,5-6,13H2,1-4H3. The predicted molar refractivity (Wildman–Crippen MR) is 69.0 cm³/mol. The molecule has 102 valence electrons. The van der Waals surface area contributed by atoms with Gasteiger partial charge in [0.05, 0.1) is 18.8 Å². The number of nitrogens with zero attached hydrogens (tertiary/aromatic N) is 2. The number of hydrazine groups is 1. The van der Waals surface area contributed by atoms with Gasteiger partial charge in [-0.3, -0.25) is 10.8 Å². The molecule has 6 heteroatoms. The van der Waals surface area contributed by atoms with Crippen LogP contribution >= 0.6 is 0 Å². The van der Waals surface area contributed by atoms with E-state index in [-0.39, 0.29) is 6.04 Å². The summed E-state index contributed by atoms with van der Waals surface area (Å²) in [4.78, 5) is 8.47. The van der Waals surface area contributed by atoms with Crippen LogP contribution in [0, 0.1) is 0 Å². The first-order valence-corrected chi connectivity index (χ1v) is 6.05. The lowest BCUT2D eigenvalue weighted by molar-refractivity contribution is -0.0503. The Bertz CT molecular complexity index is 361. The molecule has 0 saturated carbocycles. The van der Waals surface area contributed by atoms with Crippen molar-refractivity contribution in [3.05, 3.63) is 18.1 Å². The van der Waals surface area contributed by atoms with Gasteiger partial charge in [-0.15, -0.1) is 0 Å². The third-order valence-corrected chi connectivity index (χ3v) is 3.45. The Morgan fingerprint density at radius 2 is 1.89 bits per heavy atom. The van der Waals surface area contributed by atoms with Crippen LogP contribution in [0.2, 0.25) is 0 Å². The van der Waals surface area contributed by atoms with E-state index in [1.165, 1.54) is 0 Å². The maximum Gasteiger partial charge on any atom is 0.237 e. The molecule has 0 radical (unpaired) electrons. The second-order valence-corrected chi connectivity index (χ2v) is 4.03. The molecule has 3 N–H and O–H groups in total. The number of methoxy groups -OCH3 is 2. The Labute approximate surface area is 108 Å². The first kappa shape index (κ1) is 14.8. The summed E-state index contributed by atoms with van der Waals surface area (Å²) in [6.07, 6.45) is 4.80. The van der Waals surface area contributed by atoms with E-state index in [1.807, 2.05) is 0 Å². The molecule has 0 fully saturated rings. The maximum atomic E-state index is 5.69. The van der Waals surface area contributed by atoms with E-state index >= 15 is 0 Å². The van der Waals surface area contributed by atoms with Crippen molar-refractivity contribution in [3.8, 4) is 5.88 Å². The average Bonchev–Trinajstić information content (AvgIpc) is 2.45. The molecule has 1 aromatic heterocycles. The average molecular weight is 254 g/mol. The fraction of sp³-hybridized carbons (Fsp3) is 0.667. The van der Waals surface area contributed by atoms with Crippen LogP contribution in [-0.2, 0) is 4.74 Å². The van der Waals surface area contributed by atoms with E-state index in [4.69, 9.17) is 15.3 Å². The smallest absolute Gasteiger partial charge is 0.237 e. The molecule has 1 heterocycles. The highest BCUT2D eigenvalue weighted by Crippen LogP contribution is 2.36. The van der Waals surface area contributed by atoms with Crippen molar-refractivity contribution in [1.82, 2.24) is 15.4 Å². The summed E-state index contributed by atoms with van der Waals surface area (Å²) in [5, 5.41) is 0. The molecule has 0 aliphatic carbocycles. The zero-order valence-corrected chi connectivity index (χ0v) is 11.4. The summed E-state index contributed by atoms with van der Waals surface area (Å²) in [6, 6.07) is -0.277. The lowest BCUT2D eigenvalue weighted by Gasteiger charge is -2.37. The first-order chi connectivity index (χ1) is 8.68. The van der Waals surface area contributed by atoms with Gasteiger partial charge in [0.25, 0.3) is 0 Å². The van der Waals surface area contributed by atoms with E-state index in [1.54, 1.807) is 26.6 Å². The van der Waals surface area contributed by atoms with Gasteiger partial charge in [-0.2, -0.15) is 0 Å². The minimum atomic E-state index is -0.432. The van der Waals surface area contributed by atoms with Gasteiger partial charge < -0.3 is 9.47 Å². The summed E-state index contributed by atoms with van der Waals surface area (Å²) < 4.78 is 10.9. The van der Waals surface area contributed by atoms with Gasteiger partial charge in [-0.25, -0.2) is 10.4 Å². The van der Waals surface area contributed by atoms with Crippen LogP contribution in [0.5, 0.6) is 5.88 Å². The van der Waals surface area contributed by atoms with Crippen LogP contribution in [-0.4, -0.2) is 29.8 Å². The third kappa shape index (κ3) is 2.60. The first-order valence-electron chi connectivity index (χ1n) is 6.05. The highest BCUT2D eigenvalue weighted by Gasteiger charge is 2.39. The Morgan fingerprint density at radius 3 is 2.33 bits per heavy atom. The Balaban J connectivity index is 3.23. The zero-order chi connectivity index (χ0) is 13.6. The quantitative estimate of drug-likeness (QED) is 0.562. The van der Waals surface area contributed by atoms with Crippen LogP contribution < -0.4 is 16.0 Å². The number of hydrogen-bond acceptors (Lipinski definition) is 6. The summed E-state index contributed by atoms with van der Waals surface area (Å²) in [6.45, 7) is 4.11. The molecule has 0 aliphatic rings. The molecule has 1 atom stereocenters. The van der Waals surface area contributed by atoms with Gasteiger partial charge in [0.1, 0.15) is 5.69 Å². The number of aromatic nitrogens is 2. The van der Waals surface area contributed by atoms with E-state index < -0.39 is 5.60 Å². The van der Waals surface area contributed by atoms with Crippen LogP contribution in [0.4, 0.5) is 0 Å². The number of rotatable bonds is 7. The monoisotopic (exact) mass is 254 g/mol. The highest BCUT2D eigenvalue weighted by atomic mass is 16.5. The predicted octanol–water partition coefficient (Wildman–Crippen LogP) is 1.19. The minimum absolute atomic E-state index is 0.277. The molecule has 0 aliphatic heterocycles. The van der Waals surface area contributed by atoms with Crippen molar-refractivity contribution >= 4 is 0 Å². The fourth-order valence-electron chi connectivity index (χ4n) is 2.24. The van der Waals surface area contributed by atoms with E-state index in [0.29, 0.717) is 11.6 Å². The molecular weight excluding hydrogens is 232 g/mol. The van der Waals surface area contributed by atoms with Gasteiger partial charge >= 0.3 is 0 Å². The minimum Gasteiger partial charge on any atom is -0.480 e. The van der Waals surface area contributed by atoms with Crippen LogP contribution in [0.25, 0.3) is 0 Å². The summed E-state index contributed by atoms with van der Waals surface area (Å²) in [5.74, 6) is 6.15. The maximum absolute atomic E-state index is 5.69. The van der Waals surface area contributed by atoms with Gasteiger partial charge in [-0.1, -0.05) is 13.8 Å². The van der Waals surface area contributed by atoms with Crippen molar-refractivity contribution in [2.75, 3.05) is 14.2 Å². The number of ether oxygens (including phenoxy) is 2. The van der Waals surface area contributed by atoms with Gasteiger partial charge in [0.2, 0.25) is 5.88 Å². The number of hydrogen-bond donors (Lipinski definition) is 2. The highest BCUT2D eigenvalue weighted by molar-refractivity contribution is 5.24. The van der Waals surface area contributed by atoms with Gasteiger partial charge in [0.15, 0.2) is 0 Å². The van der Waals surface area contributed by atoms with E-state index in [2.05, 4.69) is 29.2 Å². The van der Waals surface area contributed by atoms with Crippen molar-refractivity contribution in [2.45, 2.75) is 38.3 Å². The Kier molecular flexibility index (Phi) is 5.46. The molecule has 0 bridgehead atoms. The SMILES string of the molecule is CCC(CC)(OC)C(NN)c1nccnc1OC. The Morgan fingerprint density at radius 1 is 1.28 bits per heavy atom. The van der Waals surface area contributed by atoms with Gasteiger partial charge in [-0.05, 0) is 12.8 Å². The molecule has 1 unspecified atom stereocenters. The Hall–Kier alpha value is -1.24. The summed E-state index contributed by atoms with van der Waals surface area (Å²) in [7, 11) is 3.24. The van der Waals surface area contributed by atoms with Crippen molar-refractivity contribution < 1.29 is 9.47 Å². The fourth-order valence-corrected chi connectivity index (χ4v) is 2.24. The molecule has 6 nitrogen and oxygen atoms in total. The topological polar surface area (TPSA) is 82.3 Å². The second kappa shape index (κ2) is 6.63. The van der Waals surface area contributed by atoms with Crippen molar-refractivity contribution in [3.63, 3.8) is 0 Å². The van der Waals surface area contributed by atoms with Crippen LogP contribution in [0.15, 0.2) is 12.4 Å². The molecular formula is C12H22N4O2. The molecule has 0 aromatic carbocycles. The molecule has 1 aromatic rings. The molecule has 18 heavy (non-hydrogen) atoms. The number of nitrogens with one attached hydrogen (secondary N) is 1.